The lowest BCUT2D eigenvalue weighted by Crippen LogP contribution is -2.04. The maximum Gasteiger partial charge on any atom is 0.141 e. The average Bonchev–Trinajstić information content (AvgIpc) is 2.41. The Hall–Kier alpha value is -1.52. The number of rotatable bonds is 4. The van der Waals surface area contributed by atoms with Crippen LogP contribution in [0.15, 0.2) is 46.9 Å². The predicted molar refractivity (Wildman–Crippen MR) is 79.8 cm³/mol. The van der Waals surface area contributed by atoms with Crippen LogP contribution in [0.2, 0.25) is 0 Å². The number of methoxy groups -OCH3 is 1. The number of ether oxygens (including phenoxy) is 2. The van der Waals surface area contributed by atoms with Gasteiger partial charge in [0.15, 0.2) is 0 Å². The van der Waals surface area contributed by atoms with Crippen molar-refractivity contribution in [3.05, 3.63) is 52.5 Å². The van der Waals surface area contributed by atoms with E-state index in [0.717, 1.165) is 27.3 Å². The molecule has 100 valence electrons. The summed E-state index contributed by atoms with van der Waals surface area (Å²) in [6, 6.07) is 13.3. The Balaban J connectivity index is 2.18. The highest BCUT2D eigenvalue weighted by Gasteiger charge is 2.06. The lowest BCUT2D eigenvalue weighted by molar-refractivity contribution is 0.412. The zero-order valence-corrected chi connectivity index (χ0v) is 12.5. The first-order valence-corrected chi connectivity index (χ1v) is 6.76. The van der Waals surface area contributed by atoms with Gasteiger partial charge in [-0.25, -0.2) is 0 Å². The molecule has 2 aromatic rings. The van der Waals surface area contributed by atoms with E-state index in [2.05, 4.69) is 15.9 Å². The van der Waals surface area contributed by atoms with Crippen LogP contribution in [0.25, 0.3) is 0 Å². The van der Waals surface area contributed by atoms with Crippen molar-refractivity contribution in [1.29, 1.82) is 0 Å². The molecule has 0 fully saturated rings. The molecule has 0 heterocycles. The molecule has 2 N–H and O–H groups in total. The molecular weight excluding hydrogens is 306 g/mol. The van der Waals surface area contributed by atoms with Gasteiger partial charge < -0.3 is 15.2 Å². The molecule has 0 aliphatic heterocycles. The third kappa shape index (κ3) is 3.49. The van der Waals surface area contributed by atoms with Crippen molar-refractivity contribution in [3.8, 4) is 17.2 Å². The van der Waals surface area contributed by atoms with E-state index in [4.69, 9.17) is 15.2 Å². The summed E-state index contributed by atoms with van der Waals surface area (Å²) in [5.74, 6) is 2.32. The van der Waals surface area contributed by atoms with E-state index in [-0.39, 0.29) is 6.04 Å². The molecule has 2 rings (SSSR count). The molecule has 1 atom stereocenters. The van der Waals surface area contributed by atoms with Crippen molar-refractivity contribution in [1.82, 2.24) is 0 Å². The Morgan fingerprint density at radius 1 is 1.05 bits per heavy atom. The van der Waals surface area contributed by atoms with Crippen LogP contribution in [-0.2, 0) is 0 Å². The summed E-state index contributed by atoms with van der Waals surface area (Å²) < 4.78 is 11.8. The normalized spacial score (nSPS) is 12.0. The Morgan fingerprint density at radius 3 is 2.21 bits per heavy atom. The van der Waals surface area contributed by atoms with E-state index < -0.39 is 0 Å². The molecule has 0 amide bonds. The minimum absolute atomic E-state index is 0.00587. The van der Waals surface area contributed by atoms with E-state index in [1.54, 1.807) is 7.11 Å². The monoisotopic (exact) mass is 321 g/mol. The largest absolute Gasteiger partial charge is 0.497 e. The first-order valence-electron chi connectivity index (χ1n) is 5.97. The quantitative estimate of drug-likeness (QED) is 0.914. The van der Waals surface area contributed by atoms with E-state index in [1.165, 1.54) is 0 Å². The summed E-state index contributed by atoms with van der Waals surface area (Å²) in [5.41, 5.74) is 6.91. The molecule has 0 saturated carbocycles. The van der Waals surface area contributed by atoms with Gasteiger partial charge in [0.25, 0.3) is 0 Å². The Kier molecular flexibility index (Phi) is 4.45. The molecule has 0 spiro atoms. The van der Waals surface area contributed by atoms with Crippen LogP contribution in [0.3, 0.4) is 0 Å². The summed E-state index contributed by atoms with van der Waals surface area (Å²) in [4.78, 5) is 0. The highest BCUT2D eigenvalue weighted by atomic mass is 79.9. The van der Waals surface area contributed by atoms with Gasteiger partial charge in [-0.3, -0.25) is 0 Å². The summed E-state index contributed by atoms with van der Waals surface area (Å²) in [7, 11) is 1.64. The minimum Gasteiger partial charge on any atom is -0.497 e. The SMILES string of the molecule is COc1ccc(Oc2ccc([C@@H](C)N)cc2Br)cc1. The van der Waals surface area contributed by atoms with Crippen molar-refractivity contribution < 1.29 is 9.47 Å². The molecule has 3 nitrogen and oxygen atoms in total. The van der Waals surface area contributed by atoms with Crippen molar-refractivity contribution in [3.63, 3.8) is 0 Å². The van der Waals surface area contributed by atoms with Gasteiger partial charge in [-0.05, 0) is 64.8 Å². The third-order valence-corrected chi connectivity index (χ3v) is 3.39. The fourth-order valence-corrected chi connectivity index (χ4v) is 2.13. The molecule has 0 aromatic heterocycles. The van der Waals surface area contributed by atoms with Gasteiger partial charge in [0.2, 0.25) is 0 Å². The Morgan fingerprint density at radius 2 is 1.68 bits per heavy atom. The van der Waals surface area contributed by atoms with E-state index in [1.807, 2.05) is 49.4 Å². The smallest absolute Gasteiger partial charge is 0.141 e. The van der Waals surface area contributed by atoms with Gasteiger partial charge in [-0.1, -0.05) is 6.07 Å². The summed E-state index contributed by atoms with van der Waals surface area (Å²) in [6.45, 7) is 1.95. The molecule has 0 radical (unpaired) electrons. The Bertz CT molecular complexity index is 553. The van der Waals surface area contributed by atoms with Crippen LogP contribution in [-0.4, -0.2) is 7.11 Å². The van der Waals surface area contributed by atoms with E-state index in [0.29, 0.717) is 0 Å². The van der Waals surface area contributed by atoms with Gasteiger partial charge in [0, 0.05) is 6.04 Å². The molecule has 19 heavy (non-hydrogen) atoms. The van der Waals surface area contributed by atoms with Crippen molar-refractivity contribution in [2.45, 2.75) is 13.0 Å². The molecular formula is C15H16BrNO2. The highest BCUT2D eigenvalue weighted by molar-refractivity contribution is 9.10. The molecule has 0 aliphatic rings. The molecule has 0 saturated heterocycles. The fraction of sp³-hybridized carbons (Fsp3) is 0.200. The van der Waals surface area contributed by atoms with Crippen LogP contribution >= 0.6 is 15.9 Å². The first-order chi connectivity index (χ1) is 9.10. The van der Waals surface area contributed by atoms with E-state index in [9.17, 15) is 0 Å². The van der Waals surface area contributed by atoms with Crippen molar-refractivity contribution in [2.24, 2.45) is 5.73 Å². The lowest BCUT2D eigenvalue weighted by atomic mass is 10.1. The molecule has 2 aromatic carbocycles. The van der Waals surface area contributed by atoms with Gasteiger partial charge >= 0.3 is 0 Å². The maximum absolute atomic E-state index is 5.84. The fourth-order valence-electron chi connectivity index (χ4n) is 1.65. The number of benzene rings is 2. The maximum atomic E-state index is 5.84. The van der Waals surface area contributed by atoms with Crippen LogP contribution in [0.5, 0.6) is 17.2 Å². The predicted octanol–water partition coefficient (Wildman–Crippen LogP) is 4.27. The second-order valence-electron chi connectivity index (χ2n) is 4.26. The second kappa shape index (κ2) is 6.08. The topological polar surface area (TPSA) is 44.5 Å². The van der Waals surface area contributed by atoms with Gasteiger partial charge in [0.1, 0.15) is 17.2 Å². The standard InChI is InChI=1S/C15H16BrNO2/c1-10(17)11-3-8-15(14(16)9-11)19-13-6-4-12(18-2)5-7-13/h3-10H,17H2,1-2H3/t10-/m1/s1. The van der Waals surface area contributed by atoms with Gasteiger partial charge in [-0.2, -0.15) is 0 Å². The Labute approximate surface area is 121 Å². The molecule has 0 bridgehead atoms. The van der Waals surface area contributed by atoms with Crippen LogP contribution in [0.1, 0.15) is 18.5 Å². The lowest BCUT2D eigenvalue weighted by Gasteiger charge is -2.11. The van der Waals surface area contributed by atoms with Crippen LogP contribution in [0, 0.1) is 0 Å². The summed E-state index contributed by atoms with van der Waals surface area (Å²) >= 11 is 3.50. The molecule has 4 heteroatoms. The van der Waals surface area contributed by atoms with E-state index >= 15 is 0 Å². The molecule has 0 aliphatic carbocycles. The average molecular weight is 322 g/mol. The van der Waals surface area contributed by atoms with Gasteiger partial charge in [0.05, 0.1) is 11.6 Å². The zero-order valence-electron chi connectivity index (χ0n) is 10.9. The van der Waals surface area contributed by atoms with Crippen molar-refractivity contribution in [2.75, 3.05) is 7.11 Å². The third-order valence-electron chi connectivity index (χ3n) is 2.77. The second-order valence-corrected chi connectivity index (χ2v) is 5.11. The van der Waals surface area contributed by atoms with Crippen molar-refractivity contribution >= 4 is 15.9 Å². The molecule has 0 unspecified atom stereocenters. The first kappa shape index (κ1) is 13.9. The van der Waals surface area contributed by atoms with Gasteiger partial charge in [-0.15, -0.1) is 0 Å². The minimum atomic E-state index is 0.00587. The number of halogens is 1. The van der Waals surface area contributed by atoms with Crippen LogP contribution in [0.4, 0.5) is 0 Å². The summed E-state index contributed by atoms with van der Waals surface area (Å²) in [6.07, 6.45) is 0. The number of hydrogen-bond donors (Lipinski definition) is 1. The van der Waals surface area contributed by atoms with Crippen LogP contribution < -0.4 is 15.2 Å². The number of hydrogen-bond acceptors (Lipinski definition) is 3. The summed E-state index contributed by atoms with van der Waals surface area (Å²) in [5, 5.41) is 0. The number of nitrogens with two attached hydrogens (primary N) is 1. The highest BCUT2D eigenvalue weighted by Crippen LogP contribution is 2.32. The zero-order chi connectivity index (χ0) is 13.8.